The van der Waals surface area contributed by atoms with Crippen molar-refractivity contribution in [3.05, 3.63) is 17.5 Å². The van der Waals surface area contributed by atoms with E-state index in [1.54, 1.807) is 0 Å². The van der Waals surface area contributed by atoms with Gasteiger partial charge in [0.15, 0.2) is 0 Å². The van der Waals surface area contributed by atoms with Crippen molar-refractivity contribution < 1.29 is 15.0 Å². The minimum absolute atomic E-state index is 0.107. The van der Waals surface area contributed by atoms with Gasteiger partial charge in [-0.2, -0.15) is 5.10 Å². The Morgan fingerprint density at radius 2 is 2.28 bits per heavy atom. The van der Waals surface area contributed by atoms with Gasteiger partial charge in [-0.15, -0.1) is 0 Å². The Balaban J connectivity index is 2.03. The summed E-state index contributed by atoms with van der Waals surface area (Å²) in [5.74, 6) is -1.000. The fourth-order valence-electron chi connectivity index (χ4n) is 2.61. The van der Waals surface area contributed by atoms with Crippen molar-refractivity contribution in [2.75, 3.05) is 7.05 Å². The van der Waals surface area contributed by atoms with Gasteiger partial charge in [-0.3, -0.25) is 10.00 Å². The van der Waals surface area contributed by atoms with Crippen LogP contribution in [-0.4, -0.2) is 50.5 Å². The van der Waals surface area contributed by atoms with Crippen molar-refractivity contribution in [3.8, 4) is 0 Å². The first kappa shape index (κ1) is 13.0. The van der Waals surface area contributed by atoms with Crippen molar-refractivity contribution in [2.45, 2.75) is 44.4 Å². The van der Waals surface area contributed by atoms with Crippen LogP contribution < -0.4 is 0 Å². The molecule has 0 unspecified atom stereocenters. The van der Waals surface area contributed by atoms with Crippen LogP contribution in [0.25, 0.3) is 0 Å². The van der Waals surface area contributed by atoms with E-state index in [0.29, 0.717) is 12.1 Å². The van der Waals surface area contributed by atoms with E-state index in [9.17, 15) is 9.90 Å². The molecule has 18 heavy (non-hydrogen) atoms. The van der Waals surface area contributed by atoms with Gasteiger partial charge >= 0.3 is 5.97 Å². The normalized spacial score (nSPS) is 24.4. The van der Waals surface area contributed by atoms with E-state index in [-0.39, 0.29) is 17.8 Å². The van der Waals surface area contributed by atoms with Crippen LogP contribution in [0.5, 0.6) is 0 Å². The van der Waals surface area contributed by atoms with Gasteiger partial charge in [-0.1, -0.05) is 12.8 Å². The van der Waals surface area contributed by atoms with Crippen LogP contribution in [0.1, 0.15) is 41.7 Å². The summed E-state index contributed by atoms with van der Waals surface area (Å²) < 4.78 is 0. The maximum absolute atomic E-state index is 11.0. The number of carboxylic acid groups (broad SMARTS) is 1. The van der Waals surface area contributed by atoms with Gasteiger partial charge in [-0.05, 0) is 19.9 Å². The monoisotopic (exact) mass is 253 g/mol. The van der Waals surface area contributed by atoms with E-state index < -0.39 is 5.97 Å². The highest BCUT2D eigenvalue weighted by molar-refractivity contribution is 5.86. The largest absolute Gasteiger partial charge is 0.477 e. The predicted molar refractivity (Wildman–Crippen MR) is 65.3 cm³/mol. The van der Waals surface area contributed by atoms with E-state index in [0.717, 1.165) is 25.7 Å². The summed E-state index contributed by atoms with van der Waals surface area (Å²) in [5, 5.41) is 25.2. The molecule has 2 atom stereocenters. The fourth-order valence-corrected chi connectivity index (χ4v) is 2.61. The minimum atomic E-state index is -1.000. The number of aromatic carboxylic acids is 1. The second kappa shape index (κ2) is 5.49. The molecule has 0 saturated heterocycles. The number of aromatic amines is 1. The Kier molecular flexibility index (Phi) is 3.98. The van der Waals surface area contributed by atoms with Gasteiger partial charge in [0.2, 0.25) is 0 Å². The lowest BCUT2D eigenvalue weighted by Gasteiger charge is -2.35. The molecule has 0 aliphatic heterocycles. The molecule has 1 fully saturated rings. The van der Waals surface area contributed by atoms with Crippen LogP contribution in [0.15, 0.2) is 6.20 Å². The average Bonchev–Trinajstić information content (AvgIpc) is 2.77. The number of H-pyrrole nitrogens is 1. The Labute approximate surface area is 106 Å². The number of likely N-dealkylation sites (N-methyl/N-ethyl adjacent to an activating group) is 1. The smallest absolute Gasteiger partial charge is 0.354 e. The first-order valence-corrected chi connectivity index (χ1v) is 6.23. The second-order valence-corrected chi connectivity index (χ2v) is 4.91. The number of nitrogens with one attached hydrogen (secondary N) is 1. The Morgan fingerprint density at radius 1 is 1.56 bits per heavy atom. The molecule has 0 bridgehead atoms. The summed E-state index contributed by atoms with van der Waals surface area (Å²) in [5.41, 5.74) is 0.787. The summed E-state index contributed by atoms with van der Waals surface area (Å²) in [6.07, 6.45) is 5.18. The first-order valence-electron chi connectivity index (χ1n) is 6.23. The van der Waals surface area contributed by atoms with Crippen LogP contribution in [-0.2, 0) is 6.54 Å². The summed E-state index contributed by atoms with van der Waals surface area (Å²) in [7, 11) is 1.91. The van der Waals surface area contributed by atoms with Crippen molar-refractivity contribution in [3.63, 3.8) is 0 Å². The van der Waals surface area contributed by atoms with Crippen molar-refractivity contribution >= 4 is 5.97 Å². The van der Waals surface area contributed by atoms with E-state index in [2.05, 4.69) is 10.2 Å². The van der Waals surface area contributed by atoms with E-state index in [1.807, 2.05) is 11.9 Å². The number of carboxylic acids is 1. The quantitative estimate of drug-likeness (QED) is 0.740. The summed E-state index contributed by atoms with van der Waals surface area (Å²) in [4.78, 5) is 13.0. The lowest BCUT2D eigenvalue weighted by Crippen LogP contribution is -2.43. The molecule has 1 aromatic heterocycles. The van der Waals surface area contributed by atoms with Crippen LogP contribution in [0, 0.1) is 0 Å². The SMILES string of the molecule is CN(Cc1cn[nH]c1C(=O)O)[C@@H]1CCCC[C@@H]1O. The van der Waals surface area contributed by atoms with Gasteiger partial charge in [-0.25, -0.2) is 4.79 Å². The number of hydrogen-bond donors (Lipinski definition) is 3. The molecule has 6 heteroatoms. The van der Waals surface area contributed by atoms with Crippen molar-refractivity contribution in [1.82, 2.24) is 15.1 Å². The van der Waals surface area contributed by atoms with Crippen LogP contribution in [0.4, 0.5) is 0 Å². The molecule has 1 heterocycles. The van der Waals surface area contributed by atoms with Gasteiger partial charge < -0.3 is 10.2 Å². The lowest BCUT2D eigenvalue weighted by molar-refractivity contribution is 0.0286. The molecule has 1 aliphatic rings. The third-order valence-electron chi connectivity index (χ3n) is 3.61. The molecule has 0 radical (unpaired) electrons. The number of aliphatic hydroxyl groups excluding tert-OH is 1. The maximum Gasteiger partial charge on any atom is 0.354 e. The number of rotatable bonds is 4. The fraction of sp³-hybridized carbons (Fsp3) is 0.667. The van der Waals surface area contributed by atoms with Crippen LogP contribution in [0.3, 0.4) is 0 Å². The highest BCUT2D eigenvalue weighted by atomic mass is 16.4. The van der Waals surface area contributed by atoms with Gasteiger partial charge in [0.25, 0.3) is 0 Å². The van der Waals surface area contributed by atoms with Crippen molar-refractivity contribution in [2.24, 2.45) is 0 Å². The highest BCUT2D eigenvalue weighted by Gasteiger charge is 2.27. The first-order chi connectivity index (χ1) is 8.59. The Morgan fingerprint density at radius 3 is 2.94 bits per heavy atom. The molecular weight excluding hydrogens is 234 g/mol. The number of aromatic nitrogens is 2. The summed E-state index contributed by atoms with van der Waals surface area (Å²) in [6, 6.07) is 0.107. The number of nitrogens with zero attached hydrogens (tertiary/aromatic N) is 2. The highest BCUT2D eigenvalue weighted by Crippen LogP contribution is 2.23. The molecule has 1 aliphatic carbocycles. The zero-order valence-corrected chi connectivity index (χ0v) is 10.5. The van der Waals surface area contributed by atoms with Gasteiger partial charge in [0.1, 0.15) is 5.69 Å². The molecule has 3 N–H and O–H groups in total. The van der Waals surface area contributed by atoms with Crippen LogP contribution in [0.2, 0.25) is 0 Å². The second-order valence-electron chi connectivity index (χ2n) is 4.91. The zero-order chi connectivity index (χ0) is 13.1. The maximum atomic E-state index is 11.0. The number of hydrogen-bond acceptors (Lipinski definition) is 4. The number of carbonyl (C=O) groups is 1. The van der Waals surface area contributed by atoms with Crippen LogP contribution >= 0.6 is 0 Å². The molecule has 0 amide bonds. The van der Waals surface area contributed by atoms with E-state index in [4.69, 9.17) is 5.11 Å². The molecular formula is C12H19N3O3. The molecule has 0 aromatic carbocycles. The average molecular weight is 253 g/mol. The predicted octanol–water partition coefficient (Wildman–Crippen LogP) is 0.843. The Bertz CT molecular complexity index is 418. The lowest BCUT2D eigenvalue weighted by atomic mass is 9.91. The topological polar surface area (TPSA) is 89.5 Å². The van der Waals surface area contributed by atoms with Crippen molar-refractivity contribution in [1.29, 1.82) is 0 Å². The summed E-state index contributed by atoms with van der Waals surface area (Å²) >= 11 is 0. The molecule has 1 aromatic rings. The third kappa shape index (κ3) is 2.70. The van der Waals surface area contributed by atoms with Gasteiger partial charge in [0.05, 0.1) is 12.3 Å². The standard InChI is InChI=1S/C12H19N3O3/c1-15(9-4-2-3-5-10(9)16)7-8-6-13-14-11(8)12(17)18/h6,9-10,16H,2-5,7H2,1H3,(H,13,14)(H,17,18)/t9-,10+/m1/s1. The summed E-state index contributed by atoms with van der Waals surface area (Å²) in [6.45, 7) is 0.486. The molecule has 6 nitrogen and oxygen atoms in total. The Hall–Kier alpha value is -1.40. The number of aliphatic hydroxyl groups is 1. The molecule has 0 spiro atoms. The third-order valence-corrected chi connectivity index (χ3v) is 3.61. The molecule has 2 rings (SSSR count). The van der Waals surface area contributed by atoms with E-state index in [1.165, 1.54) is 6.20 Å². The van der Waals surface area contributed by atoms with Gasteiger partial charge in [0, 0.05) is 18.2 Å². The molecule has 100 valence electrons. The van der Waals surface area contributed by atoms with E-state index >= 15 is 0 Å². The molecule has 1 saturated carbocycles. The minimum Gasteiger partial charge on any atom is -0.477 e. The zero-order valence-electron chi connectivity index (χ0n) is 10.5.